The van der Waals surface area contributed by atoms with Gasteiger partial charge < -0.3 is 15.2 Å². The van der Waals surface area contributed by atoms with Gasteiger partial charge in [0.25, 0.3) is 0 Å². The largest absolute Gasteiger partial charge is 0.487 e. The Kier molecular flexibility index (Phi) is 7.89. The molecule has 0 aliphatic heterocycles. The molecule has 2 N–H and O–H groups in total. The van der Waals surface area contributed by atoms with Gasteiger partial charge in [0.1, 0.15) is 18.1 Å². The predicted molar refractivity (Wildman–Crippen MR) is 120 cm³/mol. The van der Waals surface area contributed by atoms with Gasteiger partial charge >= 0.3 is 5.97 Å². The molecule has 2 aromatic carbocycles. The van der Waals surface area contributed by atoms with Crippen LogP contribution >= 0.6 is 61.1 Å². The van der Waals surface area contributed by atoms with E-state index in [0.717, 1.165) is 22.9 Å². The van der Waals surface area contributed by atoms with E-state index in [2.05, 4.69) is 66.4 Å². The SMILES string of the molecule is CC(=O)N/C(=C/c1cc(I)c(OCc2ccc(Br)cc2)c(I)c1)C(=O)O. The molecule has 0 aromatic heterocycles. The van der Waals surface area contributed by atoms with E-state index in [-0.39, 0.29) is 5.70 Å². The van der Waals surface area contributed by atoms with Crippen LogP contribution in [-0.2, 0) is 16.2 Å². The molecule has 0 aliphatic carbocycles. The molecule has 2 rings (SSSR count). The Morgan fingerprint density at radius 1 is 1.19 bits per heavy atom. The monoisotopic (exact) mass is 641 g/mol. The zero-order valence-electron chi connectivity index (χ0n) is 13.6. The van der Waals surface area contributed by atoms with E-state index in [1.54, 1.807) is 0 Å². The number of hydrogen-bond acceptors (Lipinski definition) is 3. The van der Waals surface area contributed by atoms with Crippen LogP contribution in [0.4, 0.5) is 0 Å². The number of carboxylic acids is 1. The van der Waals surface area contributed by atoms with Crippen molar-refractivity contribution in [3.8, 4) is 5.75 Å². The Labute approximate surface area is 186 Å². The third kappa shape index (κ3) is 6.23. The molecule has 0 spiro atoms. The fourth-order valence-corrected chi connectivity index (χ4v) is 4.44. The number of rotatable bonds is 6. The highest BCUT2D eigenvalue weighted by Gasteiger charge is 2.12. The summed E-state index contributed by atoms with van der Waals surface area (Å²) in [5.74, 6) is -0.888. The van der Waals surface area contributed by atoms with Gasteiger partial charge in [-0.05, 0) is 86.7 Å². The number of ether oxygens (including phenoxy) is 1. The van der Waals surface area contributed by atoms with E-state index in [1.165, 1.54) is 13.0 Å². The second-order valence-electron chi connectivity index (χ2n) is 5.27. The highest BCUT2D eigenvalue weighted by atomic mass is 127. The Balaban J connectivity index is 2.22. The molecule has 0 unspecified atom stereocenters. The average Bonchev–Trinajstić information content (AvgIpc) is 2.54. The number of amides is 1. The van der Waals surface area contributed by atoms with E-state index in [0.29, 0.717) is 12.2 Å². The maximum Gasteiger partial charge on any atom is 0.352 e. The highest BCUT2D eigenvalue weighted by Crippen LogP contribution is 2.30. The molecule has 0 aliphatic rings. The summed E-state index contributed by atoms with van der Waals surface area (Å²) < 4.78 is 8.64. The van der Waals surface area contributed by atoms with Gasteiger partial charge in [0, 0.05) is 11.4 Å². The molecule has 0 saturated heterocycles. The number of hydrogen-bond donors (Lipinski definition) is 2. The van der Waals surface area contributed by atoms with Gasteiger partial charge in [-0.2, -0.15) is 0 Å². The van der Waals surface area contributed by atoms with Gasteiger partial charge in [0.05, 0.1) is 7.14 Å². The van der Waals surface area contributed by atoms with Gasteiger partial charge in [-0.25, -0.2) is 4.79 Å². The smallest absolute Gasteiger partial charge is 0.352 e. The van der Waals surface area contributed by atoms with Crippen LogP contribution in [0.3, 0.4) is 0 Å². The van der Waals surface area contributed by atoms with Gasteiger partial charge in [-0.1, -0.05) is 28.1 Å². The second-order valence-corrected chi connectivity index (χ2v) is 8.51. The van der Waals surface area contributed by atoms with Crippen LogP contribution in [0.5, 0.6) is 5.75 Å². The van der Waals surface area contributed by atoms with E-state index in [1.807, 2.05) is 36.4 Å². The van der Waals surface area contributed by atoms with Gasteiger partial charge in [-0.3, -0.25) is 4.79 Å². The number of carbonyl (C=O) groups excluding carboxylic acids is 1. The summed E-state index contributed by atoms with van der Waals surface area (Å²) in [6.45, 7) is 1.70. The maximum atomic E-state index is 11.2. The normalized spacial score (nSPS) is 11.2. The minimum atomic E-state index is -1.19. The summed E-state index contributed by atoms with van der Waals surface area (Å²) in [4.78, 5) is 22.4. The van der Waals surface area contributed by atoms with Crippen molar-refractivity contribution < 1.29 is 19.4 Å². The van der Waals surface area contributed by atoms with E-state index in [9.17, 15) is 14.7 Å². The van der Waals surface area contributed by atoms with E-state index in [4.69, 9.17) is 4.74 Å². The molecular weight excluding hydrogens is 628 g/mol. The number of carbonyl (C=O) groups is 2. The third-order valence-corrected chi connectivity index (χ3v) is 5.30. The van der Waals surface area contributed by atoms with Crippen LogP contribution in [0, 0.1) is 7.14 Å². The predicted octanol–water partition coefficient (Wildman–Crippen LogP) is 4.80. The zero-order valence-corrected chi connectivity index (χ0v) is 19.5. The van der Waals surface area contributed by atoms with Crippen molar-refractivity contribution in [2.75, 3.05) is 0 Å². The van der Waals surface area contributed by atoms with Crippen molar-refractivity contribution in [3.05, 3.63) is 64.8 Å². The van der Waals surface area contributed by atoms with Crippen LogP contribution in [0.25, 0.3) is 6.08 Å². The van der Waals surface area contributed by atoms with Gasteiger partial charge in [0.15, 0.2) is 0 Å². The molecule has 2 aromatic rings. The number of carboxylic acid groups (broad SMARTS) is 1. The van der Waals surface area contributed by atoms with Gasteiger partial charge in [-0.15, -0.1) is 0 Å². The molecule has 26 heavy (non-hydrogen) atoms. The molecule has 0 fully saturated rings. The molecule has 0 heterocycles. The van der Waals surface area contributed by atoms with Crippen molar-refractivity contribution >= 4 is 79.1 Å². The van der Waals surface area contributed by atoms with Crippen LogP contribution in [0.2, 0.25) is 0 Å². The summed E-state index contributed by atoms with van der Waals surface area (Å²) in [6, 6.07) is 11.5. The standard InChI is InChI=1S/C18H14BrI2NO4/c1-10(23)22-16(18(24)25)8-12-6-14(20)17(15(21)7-12)26-9-11-2-4-13(19)5-3-11/h2-8H,9H2,1H3,(H,22,23)(H,24,25)/b16-8+. The minimum Gasteiger partial charge on any atom is -0.487 e. The van der Waals surface area contributed by atoms with Crippen molar-refractivity contribution in [2.24, 2.45) is 0 Å². The third-order valence-electron chi connectivity index (χ3n) is 3.17. The van der Waals surface area contributed by atoms with Crippen molar-refractivity contribution in [1.29, 1.82) is 0 Å². The van der Waals surface area contributed by atoms with E-state index >= 15 is 0 Å². The highest BCUT2D eigenvalue weighted by molar-refractivity contribution is 14.1. The minimum absolute atomic E-state index is 0.173. The Morgan fingerprint density at radius 2 is 1.77 bits per heavy atom. The lowest BCUT2D eigenvalue weighted by molar-refractivity contribution is -0.134. The fourth-order valence-electron chi connectivity index (χ4n) is 2.04. The Bertz CT molecular complexity index is 843. The summed E-state index contributed by atoms with van der Waals surface area (Å²) >= 11 is 7.70. The summed E-state index contributed by atoms with van der Waals surface area (Å²) in [5.41, 5.74) is 1.54. The molecule has 0 saturated carbocycles. The van der Waals surface area contributed by atoms with E-state index < -0.39 is 11.9 Å². The quantitative estimate of drug-likeness (QED) is 0.351. The Morgan fingerprint density at radius 3 is 2.27 bits per heavy atom. The van der Waals surface area contributed by atoms with Crippen molar-refractivity contribution in [2.45, 2.75) is 13.5 Å². The van der Waals surface area contributed by atoms with Crippen molar-refractivity contribution in [1.82, 2.24) is 5.32 Å². The van der Waals surface area contributed by atoms with Crippen LogP contribution in [0.15, 0.2) is 46.6 Å². The summed E-state index contributed by atoms with van der Waals surface area (Å²) in [6.07, 6.45) is 1.42. The molecular formula is C18H14BrI2NO4. The number of benzene rings is 2. The maximum absolute atomic E-state index is 11.2. The average molecular weight is 642 g/mol. The summed E-state index contributed by atoms with van der Waals surface area (Å²) in [7, 11) is 0. The first-order valence-electron chi connectivity index (χ1n) is 7.35. The number of halogens is 3. The molecule has 1 amide bonds. The summed E-state index contributed by atoms with van der Waals surface area (Å²) in [5, 5.41) is 11.5. The van der Waals surface area contributed by atoms with Crippen molar-refractivity contribution in [3.63, 3.8) is 0 Å². The molecule has 0 radical (unpaired) electrons. The second kappa shape index (κ2) is 9.70. The lowest BCUT2D eigenvalue weighted by Gasteiger charge is -2.12. The van der Waals surface area contributed by atoms with Crippen LogP contribution in [0.1, 0.15) is 18.1 Å². The topological polar surface area (TPSA) is 75.6 Å². The lowest BCUT2D eigenvalue weighted by Crippen LogP contribution is -2.24. The zero-order chi connectivity index (χ0) is 19.3. The van der Waals surface area contributed by atoms with Crippen LogP contribution in [-0.4, -0.2) is 17.0 Å². The molecule has 5 nitrogen and oxygen atoms in total. The lowest BCUT2D eigenvalue weighted by atomic mass is 10.2. The fraction of sp³-hybridized carbons (Fsp3) is 0.111. The molecule has 8 heteroatoms. The molecule has 0 atom stereocenters. The molecule has 0 bridgehead atoms. The Hall–Kier alpha value is -1.14. The first-order chi connectivity index (χ1) is 12.3. The number of aliphatic carboxylic acids is 1. The van der Waals surface area contributed by atoms with Gasteiger partial charge in [0.2, 0.25) is 5.91 Å². The molecule has 136 valence electrons. The number of nitrogens with one attached hydrogen (secondary N) is 1. The first kappa shape index (κ1) is 21.2. The first-order valence-corrected chi connectivity index (χ1v) is 10.3. The van der Waals surface area contributed by atoms with Crippen LogP contribution < -0.4 is 10.1 Å².